The summed E-state index contributed by atoms with van der Waals surface area (Å²) in [5, 5.41) is 2.85. The molecule has 0 atom stereocenters. The third-order valence-corrected chi connectivity index (χ3v) is 3.98. The monoisotopic (exact) mass is 334 g/mol. The van der Waals surface area contributed by atoms with Crippen molar-refractivity contribution in [1.29, 1.82) is 0 Å². The van der Waals surface area contributed by atoms with Gasteiger partial charge >= 0.3 is 0 Å². The number of hydrogen-bond donors (Lipinski definition) is 2. The molecule has 5 heteroatoms. The number of hydrogen-bond acceptors (Lipinski definition) is 3. The van der Waals surface area contributed by atoms with Crippen LogP contribution in [0.1, 0.15) is 15.9 Å². The lowest BCUT2D eigenvalue weighted by molar-refractivity contribution is 0.102. The Morgan fingerprint density at radius 3 is 2.70 bits per heavy atom. The Balaban J connectivity index is 2.24. The first-order chi connectivity index (χ1) is 9.52. The number of methoxy groups -OCH3 is 1. The van der Waals surface area contributed by atoms with E-state index in [0.29, 0.717) is 17.0 Å². The van der Waals surface area contributed by atoms with Crippen LogP contribution in [0.15, 0.2) is 40.9 Å². The van der Waals surface area contributed by atoms with E-state index in [2.05, 4.69) is 21.2 Å². The molecule has 2 aromatic carbocycles. The molecule has 0 heterocycles. The Morgan fingerprint density at radius 1 is 1.30 bits per heavy atom. The van der Waals surface area contributed by atoms with Crippen LogP contribution < -0.4 is 15.8 Å². The summed E-state index contributed by atoms with van der Waals surface area (Å²) in [6.45, 7) is 1.96. The molecule has 0 saturated carbocycles. The number of ether oxygens (including phenoxy) is 1. The van der Waals surface area contributed by atoms with Gasteiger partial charge in [0.2, 0.25) is 0 Å². The van der Waals surface area contributed by atoms with Gasteiger partial charge in [-0.1, -0.05) is 12.1 Å². The van der Waals surface area contributed by atoms with Gasteiger partial charge in [0, 0.05) is 10.0 Å². The molecule has 2 rings (SSSR count). The lowest BCUT2D eigenvalue weighted by Gasteiger charge is -2.10. The van der Waals surface area contributed by atoms with Crippen LogP contribution in [0.4, 0.5) is 11.4 Å². The lowest BCUT2D eigenvalue weighted by Crippen LogP contribution is -2.13. The smallest absolute Gasteiger partial charge is 0.255 e. The summed E-state index contributed by atoms with van der Waals surface area (Å²) >= 11 is 3.46. The number of nitrogens with one attached hydrogen (secondary N) is 1. The number of rotatable bonds is 3. The van der Waals surface area contributed by atoms with E-state index in [4.69, 9.17) is 10.5 Å². The molecule has 0 radical (unpaired) electrons. The normalized spacial score (nSPS) is 10.2. The molecular formula is C15H15BrN2O2. The van der Waals surface area contributed by atoms with E-state index >= 15 is 0 Å². The third kappa shape index (κ3) is 2.93. The van der Waals surface area contributed by atoms with E-state index in [1.54, 1.807) is 18.2 Å². The quantitative estimate of drug-likeness (QED) is 0.843. The van der Waals surface area contributed by atoms with Crippen molar-refractivity contribution >= 4 is 33.2 Å². The number of aryl methyl sites for hydroxylation is 1. The highest BCUT2D eigenvalue weighted by Crippen LogP contribution is 2.27. The predicted molar refractivity (Wildman–Crippen MR) is 84.2 cm³/mol. The van der Waals surface area contributed by atoms with Gasteiger partial charge in [0.25, 0.3) is 5.91 Å². The minimum atomic E-state index is -0.217. The molecule has 2 aromatic rings. The zero-order valence-corrected chi connectivity index (χ0v) is 12.8. The fraction of sp³-hybridized carbons (Fsp3) is 0.133. The number of nitrogens with two attached hydrogens (primary N) is 1. The number of nitrogen functional groups attached to an aromatic ring is 1. The number of carbonyl (C=O) groups is 1. The number of anilines is 2. The number of benzene rings is 2. The second-order valence-corrected chi connectivity index (χ2v) is 5.14. The van der Waals surface area contributed by atoms with E-state index in [-0.39, 0.29) is 5.91 Å². The Bertz CT molecular complexity index is 656. The summed E-state index contributed by atoms with van der Waals surface area (Å²) in [4.78, 5) is 12.2. The maximum Gasteiger partial charge on any atom is 0.255 e. The second-order valence-electron chi connectivity index (χ2n) is 4.35. The SMILES string of the molecule is COc1ccc(C(=O)Nc2cccc(C)c2Br)cc1N. The Hall–Kier alpha value is -2.01. The van der Waals surface area contributed by atoms with Crippen molar-refractivity contribution in [2.45, 2.75) is 6.92 Å². The molecule has 0 spiro atoms. The molecule has 0 aliphatic carbocycles. The standard InChI is InChI=1S/C15H15BrN2O2/c1-9-4-3-5-12(14(9)16)18-15(19)10-6-7-13(20-2)11(17)8-10/h3-8H,17H2,1-2H3,(H,18,19). The first-order valence-electron chi connectivity index (χ1n) is 6.03. The van der Waals surface area contributed by atoms with Crippen molar-refractivity contribution in [3.8, 4) is 5.75 Å². The van der Waals surface area contributed by atoms with Crippen LogP contribution in [0.25, 0.3) is 0 Å². The average molecular weight is 335 g/mol. The topological polar surface area (TPSA) is 64.3 Å². The summed E-state index contributed by atoms with van der Waals surface area (Å²) in [6, 6.07) is 10.6. The lowest BCUT2D eigenvalue weighted by atomic mass is 10.1. The molecular weight excluding hydrogens is 320 g/mol. The fourth-order valence-electron chi connectivity index (χ4n) is 1.81. The van der Waals surface area contributed by atoms with Crippen LogP contribution in [0, 0.1) is 6.92 Å². The van der Waals surface area contributed by atoms with Crippen molar-refractivity contribution < 1.29 is 9.53 Å². The molecule has 4 nitrogen and oxygen atoms in total. The van der Waals surface area contributed by atoms with Gasteiger partial charge in [0.15, 0.2) is 0 Å². The summed E-state index contributed by atoms with van der Waals surface area (Å²) in [5.74, 6) is 0.337. The maximum atomic E-state index is 12.2. The van der Waals surface area contributed by atoms with Crippen molar-refractivity contribution in [3.05, 3.63) is 52.0 Å². The summed E-state index contributed by atoms with van der Waals surface area (Å²) < 4.78 is 5.94. The van der Waals surface area contributed by atoms with Gasteiger partial charge < -0.3 is 15.8 Å². The Morgan fingerprint density at radius 2 is 2.05 bits per heavy atom. The highest BCUT2D eigenvalue weighted by Gasteiger charge is 2.11. The number of carbonyl (C=O) groups excluding carboxylic acids is 1. The molecule has 0 fully saturated rings. The molecule has 20 heavy (non-hydrogen) atoms. The van der Waals surface area contributed by atoms with Crippen LogP contribution >= 0.6 is 15.9 Å². The van der Waals surface area contributed by atoms with Gasteiger partial charge in [0.1, 0.15) is 5.75 Å². The summed E-state index contributed by atoms with van der Waals surface area (Å²) in [5.41, 5.74) is 8.50. The van der Waals surface area contributed by atoms with Crippen LogP contribution in [-0.2, 0) is 0 Å². The minimum absolute atomic E-state index is 0.217. The van der Waals surface area contributed by atoms with E-state index in [9.17, 15) is 4.79 Å². The summed E-state index contributed by atoms with van der Waals surface area (Å²) in [6.07, 6.45) is 0. The zero-order chi connectivity index (χ0) is 14.7. The van der Waals surface area contributed by atoms with Crippen LogP contribution in [0.3, 0.4) is 0 Å². The van der Waals surface area contributed by atoms with Crippen LogP contribution in [0.5, 0.6) is 5.75 Å². The summed E-state index contributed by atoms with van der Waals surface area (Å²) in [7, 11) is 1.54. The highest BCUT2D eigenvalue weighted by atomic mass is 79.9. The molecule has 0 aliphatic rings. The third-order valence-electron chi connectivity index (χ3n) is 2.93. The van der Waals surface area contributed by atoms with Gasteiger partial charge in [0.05, 0.1) is 18.5 Å². The Kier molecular flexibility index (Phi) is 4.29. The second kappa shape index (κ2) is 5.96. The molecule has 0 saturated heterocycles. The molecule has 104 valence electrons. The van der Waals surface area contributed by atoms with E-state index in [0.717, 1.165) is 15.7 Å². The van der Waals surface area contributed by atoms with Gasteiger partial charge in [-0.25, -0.2) is 0 Å². The van der Waals surface area contributed by atoms with Gasteiger partial charge in [-0.3, -0.25) is 4.79 Å². The van der Waals surface area contributed by atoms with Crippen LogP contribution in [0.2, 0.25) is 0 Å². The molecule has 0 unspecified atom stereocenters. The predicted octanol–water partition coefficient (Wildman–Crippen LogP) is 3.60. The van der Waals surface area contributed by atoms with Crippen molar-refractivity contribution in [2.75, 3.05) is 18.2 Å². The molecule has 3 N–H and O–H groups in total. The van der Waals surface area contributed by atoms with Crippen molar-refractivity contribution in [2.24, 2.45) is 0 Å². The minimum Gasteiger partial charge on any atom is -0.495 e. The average Bonchev–Trinajstić information content (AvgIpc) is 2.43. The molecule has 1 amide bonds. The van der Waals surface area contributed by atoms with E-state index in [1.165, 1.54) is 7.11 Å². The van der Waals surface area contributed by atoms with E-state index < -0.39 is 0 Å². The molecule has 0 aliphatic heterocycles. The van der Waals surface area contributed by atoms with Gasteiger partial charge in [-0.2, -0.15) is 0 Å². The Labute approximate surface area is 126 Å². The van der Waals surface area contributed by atoms with E-state index in [1.807, 2.05) is 25.1 Å². The zero-order valence-electron chi connectivity index (χ0n) is 11.2. The maximum absolute atomic E-state index is 12.2. The number of halogens is 1. The molecule has 0 aromatic heterocycles. The highest BCUT2D eigenvalue weighted by molar-refractivity contribution is 9.10. The van der Waals surface area contributed by atoms with Crippen molar-refractivity contribution in [3.63, 3.8) is 0 Å². The van der Waals surface area contributed by atoms with Gasteiger partial charge in [-0.15, -0.1) is 0 Å². The van der Waals surface area contributed by atoms with Gasteiger partial charge in [-0.05, 0) is 52.7 Å². The fourth-order valence-corrected chi connectivity index (χ4v) is 2.18. The van der Waals surface area contributed by atoms with Crippen molar-refractivity contribution in [1.82, 2.24) is 0 Å². The first kappa shape index (κ1) is 14.4. The molecule has 0 bridgehead atoms. The van der Waals surface area contributed by atoms with Crippen LogP contribution in [-0.4, -0.2) is 13.0 Å². The largest absolute Gasteiger partial charge is 0.495 e. The number of amides is 1. The first-order valence-corrected chi connectivity index (χ1v) is 6.82.